The van der Waals surface area contributed by atoms with Crippen molar-refractivity contribution in [1.29, 1.82) is 0 Å². The van der Waals surface area contributed by atoms with Gasteiger partial charge in [0.2, 0.25) is 5.43 Å². The Labute approximate surface area is 190 Å². The van der Waals surface area contributed by atoms with Gasteiger partial charge in [0.15, 0.2) is 11.6 Å². The topological polar surface area (TPSA) is 102 Å². The van der Waals surface area contributed by atoms with E-state index in [1.165, 1.54) is 0 Å². The van der Waals surface area contributed by atoms with Crippen molar-refractivity contribution in [3.8, 4) is 5.82 Å². The Morgan fingerprint density at radius 1 is 1.03 bits per heavy atom. The van der Waals surface area contributed by atoms with Crippen molar-refractivity contribution in [2.45, 2.75) is 20.4 Å². The normalized spacial score (nSPS) is 14.1. The van der Waals surface area contributed by atoms with E-state index in [0.717, 1.165) is 11.5 Å². The lowest BCUT2D eigenvalue weighted by Crippen LogP contribution is -2.50. The van der Waals surface area contributed by atoms with E-state index in [1.54, 1.807) is 40.3 Å². The van der Waals surface area contributed by atoms with Gasteiger partial charge in [-0.3, -0.25) is 14.2 Å². The van der Waals surface area contributed by atoms with E-state index in [9.17, 15) is 9.59 Å². The van der Waals surface area contributed by atoms with E-state index < -0.39 is 0 Å². The van der Waals surface area contributed by atoms with E-state index >= 15 is 0 Å². The highest BCUT2D eigenvalue weighted by atomic mass is 16.2. The zero-order valence-corrected chi connectivity index (χ0v) is 18.5. The molecule has 0 saturated carbocycles. The second-order valence-corrected chi connectivity index (χ2v) is 7.98. The number of amides is 1. The Balaban J connectivity index is 1.33. The molecule has 4 aromatic rings. The second kappa shape index (κ2) is 8.45. The number of hydrogen-bond acceptors (Lipinski definition) is 7. The summed E-state index contributed by atoms with van der Waals surface area (Å²) in [6.07, 6.45) is 6.81. The first-order valence-electron chi connectivity index (χ1n) is 10.9. The van der Waals surface area contributed by atoms with Crippen LogP contribution in [0.1, 0.15) is 23.0 Å². The highest BCUT2D eigenvalue weighted by Crippen LogP contribution is 2.17. The Morgan fingerprint density at radius 3 is 2.45 bits per heavy atom. The van der Waals surface area contributed by atoms with Crippen molar-refractivity contribution < 1.29 is 4.79 Å². The van der Waals surface area contributed by atoms with Gasteiger partial charge in [-0.1, -0.05) is 0 Å². The fourth-order valence-electron chi connectivity index (χ4n) is 4.08. The minimum Gasteiger partial charge on any atom is -0.352 e. The summed E-state index contributed by atoms with van der Waals surface area (Å²) in [5, 5.41) is 9.07. The highest BCUT2D eigenvalue weighted by Gasteiger charge is 2.26. The largest absolute Gasteiger partial charge is 0.352 e. The van der Waals surface area contributed by atoms with Gasteiger partial charge in [0.05, 0.1) is 5.39 Å². The SMILES string of the molecule is CCn1cc(C(=O)N2CCN(c3ccc(-n4ccnc4)nn3)CC2)c(=O)c2ccc(C)nc21. The molecule has 0 atom stereocenters. The zero-order valence-electron chi connectivity index (χ0n) is 18.5. The summed E-state index contributed by atoms with van der Waals surface area (Å²) in [7, 11) is 0. The van der Waals surface area contributed by atoms with Gasteiger partial charge in [0.25, 0.3) is 5.91 Å². The van der Waals surface area contributed by atoms with Crippen molar-refractivity contribution in [2.24, 2.45) is 0 Å². The molecule has 0 bridgehead atoms. The van der Waals surface area contributed by atoms with E-state index in [-0.39, 0.29) is 16.9 Å². The number of pyridine rings is 2. The number of aromatic nitrogens is 6. The predicted octanol–water partition coefficient (Wildman–Crippen LogP) is 1.66. The van der Waals surface area contributed by atoms with Crippen LogP contribution in [-0.2, 0) is 6.54 Å². The molecule has 1 fully saturated rings. The number of hydrogen-bond donors (Lipinski definition) is 0. The van der Waals surface area contributed by atoms with Gasteiger partial charge in [-0.25, -0.2) is 9.97 Å². The number of nitrogens with zero attached hydrogens (tertiary/aromatic N) is 8. The molecule has 10 nitrogen and oxygen atoms in total. The molecule has 5 heterocycles. The van der Waals surface area contributed by atoms with Gasteiger partial charge in [0.1, 0.15) is 17.5 Å². The van der Waals surface area contributed by atoms with Crippen molar-refractivity contribution in [3.05, 3.63) is 70.7 Å². The number of rotatable bonds is 4. The first-order chi connectivity index (χ1) is 16.0. The maximum atomic E-state index is 13.3. The van der Waals surface area contributed by atoms with Crippen LogP contribution < -0.4 is 10.3 Å². The van der Waals surface area contributed by atoms with Crippen LogP contribution in [0, 0.1) is 6.92 Å². The third kappa shape index (κ3) is 3.84. The zero-order chi connectivity index (χ0) is 22.9. The molecule has 1 saturated heterocycles. The Bertz CT molecular complexity index is 1350. The number of imidazole rings is 1. The van der Waals surface area contributed by atoms with Crippen LogP contribution in [0.25, 0.3) is 16.9 Å². The fraction of sp³-hybridized carbons (Fsp3) is 0.304. The summed E-state index contributed by atoms with van der Waals surface area (Å²) in [6, 6.07) is 7.36. The molecule has 1 amide bonds. The summed E-state index contributed by atoms with van der Waals surface area (Å²) in [5.41, 5.74) is 1.37. The summed E-state index contributed by atoms with van der Waals surface area (Å²) >= 11 is 0. The molecule has 0 aromatic carbocycles. The van der Waals surface area contributed by atoms with Crippen LogP contribution in [0.4, 0.5) is 5.82 Å². The fourth-order valence-corrected chi connectivity index (χ4v) is 4.08. The van der Waals surface area contributed by atoms with Crippen LogP contribution in [0.15, 0.2) is 54.0 Å². The minimum absolute atomic E-state index is 0.188. The van der Waals surface area contributed by atoms with Crippen LogP contribution in [-0.4, -0.2) is 66.3 Å². The number of anilines is 1. The Kier molecular flexibility index (Phi) is 5.33. The molecular formula is C23H24N8O2. The van der Waals surface area contributed by atoms with Crippen LogP contribution in [0.5, 0.6) is 0 Å². The molecule has 5 rings (SSSR count). The maximum absolute atomic E-state index is 13.3. The van der Waals surface area contributed by atoms with Crippen molar-refractivity contribution in [2.75, 3.05) is 31.1 Å². The first kappa shape index (κ1) is 20.8. The van der Waals surface area contributed by atoms with Gasteiger partial charge in [-0.15, -0.1) is 10.2 Å². The maximum Gasteiger partial charge on any atom is 0.259 e. The molecule has 0 aliphatic carbocycles. The lowest BCUT2D eigenvalue weighted by Gasteiger charge is -2.35. The number of piperazine rings is 1. The number of carbonyl (C=O) groups excluding carboxylic acids is 1. The van der Waals surface area contributed by atoms with Crippen molar-refractivity contribution >= 4 is 22.8 Å². The van der Waals surface area contributed by atoms with Crippen LogP contribution in [0.2, 0.25) is 0 Å². The van der Waals surface area contributed by atoms with E-state index in [2.05, 4.69) is 25.1 Å². The second-order valence-electron chi connectivity index (χ2n) is 7.98. The third-order valence-corrected chi connectivity index (χ3v) is 5.93. The summed E-state index contributed by atoms with van der Waals surface area (Å²) < 4.78 is 3.65. The van der Waals surface area contributed by atoms with Gasteiger partial charge in [-0.2, -0.15) is 0 Å². The molecule has 10 heteroatoms. The van der Waals surface area contributed by atoms with Crippen LogP contribution >= 0.6 is 0 Å². The molecule has 0 spiro atoms. The minimum atomic E-state index is -0.268. The van der Waals surface area contributed by atoms with E-state index in [0.29, 0.717) is 49.6 Å². The number of aryl methyl sites for hydroxylation is 2. The van der Waals surface area contributed by atoms with Crippen molar-refractivity contribution in [3.63, 3.8) is 0 Å². The van der Waals surface area contributed by atoms with Crippen molar-refractivity contribution in [1.82, 2.24) is 34.2 Å². The molecular weight excluding hydrogens is 420 g/mol. The molecule has 1 aliphatic heterocycles. The third-order valence-electron chi connectivity index (χ3n) is 5.93. The average Bonchev–Trinajstić information content (AvgIpc) is 3.39. The highest BCUT2D eigenvalue weighted by molar-refractivity contribution is 5.97. The molecule has 0 unspecified atom stereocenters. The lowest BCUT2D eigenvalue weighted by atomic mass is 10.1. The average molecular weight is 444 g/mol. The van der Waals surface area contributed by atoms with E-state index in [1.807, 2.05) is 36.7 Å². The summed E-state index contributed by atoms with van der Waals surface area (Å²) in [4.78, 5) is 38.7. The van der Waals surface area contributed by atoms with Gasteiger partial charge in [-0.05, 0) is 38.1 Å². The number of fused-ring (bicyclic) bond motifs is 1. The molecule has 0 radical (unpaired) electrons. The molecule has 1 aliphatic rings. The summed E-state index contributed by atoms with van der Waals surface area (Å²) in [5.74, 6) is 1.20. The lowest BCUT2D eigenvalue weighted by molar-refractivity contribution is 0.0744. The van der Waals surface area contributed by atoms with Crippen LogP contribution in [0.3, 0.4) is 0 Å². The smallest absolute Gasteiger partial charge is 0.259 e. The molecule has 168 valence electrons. The Morgan fingerprint density at radius 2 is 1.79 bits per heavy atom. The number of carbonyl (C=O) groups is 1. The Hall–Kier alpha value is -4.08. The molecule has 4 aromatic heterocycles. The van der Waals surface area contributed by atoms with E-state index in [4.69, 9.17) is 0 Å². The van der Waals surface area contributed by atoms with Gasteiger partial charge < -0.3 is 14.4 Å². The van der Waals surface area contributed by atoms with Gasteiger partial charge >= 0.3 is 0 Å². The molecule has 0 N–H and O–H groups in total. The first-order valence-corrected chi connectivity index (χ1v) is 10.9. The standard InChI is InChI=1S/C23H24N8O2/c1-3-28-14-18(21(32)17-5-4-16(2)25-22(17)28)23(33)30-12-10-29(11-13-30)19-6-7-20(27-26-19)31-9-8-24-15-31/h4-9,14-15H,3,10-13H2,1-2H3. The molecule has 33 heavy (non-hydrogen) atoms. The predicted molar refractivity (Wildman–Crippen MR) is 124 cm³/mol. The quantitative estimate of drug-likeness (QED) is 0.472. The summed E-state index contributed by atoms with van der Waals surface area (Å²) in [6.45, 7) is 6.70. The monoisotopic (exact) mass is 444 g/mol. The van der Waals surface area contributed by atoms with Gasteiger partial charge in [0, 0.05) is 57.0 Å².